The number of rotatable bonds is 5. The molecule has 0 radical (unpaired) electrons. The molecule has 158 valence electrons. The van der Waals surface area contributed by atoms with Gasteiger partial charge in [0.15, 0.2) is 5.54 Å². The minimum absolute atomic E-state index is 0.0289. The molecule has 0 saturated carbocycles. The molecular formula is C23H21N3O5. The predicted octanol–water partition coefficient (Wildman–Crippen LogP) is 1.21. The van der Waals surface area contributed by atoms with Crippen molar-refractivity contribution >= 4 is 17.8 Å². The number of nitrogens with one attached hydrogen (secondary N) is 1. The first-order chi connectivity index (χ1) is 14.8. The molecule has 0 aliphatic carbocycles. The molecule has 8 heteroatoms. The van der Waals surface area contributed by atoms with Gasteiger partial charge in [0, 0.05) is 6.04 Å². The smallest absolute Gasteiger partial charge is 0.327 e. The first-order valence-electron chi connectivity index (χ1n) is 9.89. The average Bonchev–Trinajstić information content (AvgIpc) is 3.25. The van der Waals surface area contributed by atoms with Crippen molar-refractivity contribution < 1.29 is 24.6 Å². The molecular weight excluding hydrogens is 398 g/mol. The Morgan fingerprint density at radius 2 is 1.81 bits per heavy atom. The second-order valence-corrected chi connectivity index (χ2v) is 7.96. The number of nitriles is 1. The summed E-state index contributed by atoms with van der Waals surface area (Å²) in [5.41, 5.74) is -0.287. The normalized spacial score (nSPS) is 28.3. The Morgan fingerprint density at radius 1 is 1.16 bits per heavy atom. The number of imide groups is 1. The van der Waals surface area contributed by atoms with E-state index in [9.17, 15) is 24.6 Å². The number of aliphatic hydroxyl groups excluding tert-OH is 1. The van der Waals surface area contributed by atoms with Gasteiger partial charge in [-0.25, -0.2) is 0 Å². The van der Waals surface area contributed by atoms with Crippen LogP contribution in [-0.2, 0) is 20.9 Å². The van der Waals surface area contributed by atoms with Gasteiger partial charge in [-0.05, 0) is 30.2 Å². The summed E-state index contributed by atoms with van der Waals surface area (Å²) >= 11 is 0. The van der Waals surface area contributed by atoms with Crippen molar-refractivity contribution in [1.29, 1.82) is 5.26 Å². The number of amides is 2. The van der Waals surface area contributed by atoms with Crippen LogP contribution in [0.4, 0.5) is 0 Å². The number of aliphatic hydroxyl groups is 1. The van der Waals surface area contributed by atoms with E-state index in [1.165, 1.54) is 6.92 Å². The van der Waals surface area contributed by atoms with E-state index < -0.39 is 47.3 Å². The molecule has 2 aliphatic rings. The molecule has 5 unspecified atom stereocenters. The minimum Gasteiger partial charge on any atom is -0.480 e. The lowest BCUT2D eigenvalue weighted by Gasteiger charge is -2.33. The van der Waals surface area contributed by atoms with Crippen molar-refractivity contribution in [3.8, 4) is 6.07 Å². The van der Waals surface area contributed by atoms with Crippen molar-refractivity contribution in [2.24, 2.45) is 11.8 Å². The number of aliphatic carboxylic acids is 1. The van der Waals surface area contributed by atoms with E-state index in [2.05, 4.69) is 5.32 Å². The number of carboxylic acids is 1. The summed E-state index contributed by atoms with van der Waals surface area (Å²) in [6.07, 6.45) is -1.44. The topological polar surface area (TPSA) is 131 Å². The van der Waals surface area contributed by atoms with Gasteiger partial charge in [0.05, 0.1) is 36.1 Å². The Labute approximate surface area is 178 Å². The number of likely N-dealkylation sites (tertiary alicyclic amines) is 1. The van der Waals surface area contributed by atoms with E-state index in [-0.39, 0.29) is 6.54 Å². The molecule has 2 aromatic carbocycles. The summed E-state index contributed by atoms with van der Waals surface area (Å²) in [6.45, 7) is 1.33. The molecule has 0 spiro atoms. The van der Waals surface area contributed by atoms with Crippen molar-refractivity contribution in [3.05, 3.63) is 71.3 Å². The highest BCUT2D eigenvalue weighted by Crippen LogP contribution is 2.50. The van der Waals surface area contributed by atoms with Crippen LogP contribution in [0.25, 0.3) is 0 Å². The standard InChI is InChI=1S/C23H21N3O5/c1-13(27)23(22(30)31)18-17(19(25-23)16-9-7-14(11-24)8-10-16)20(28)26(21(18)29)12-15-5-3-2-4-6-15/h2-10,13,17-19,25,27H,12H2,1H3,(H,30,31). The molecule has 2 saturated heterocycles. The second-order valence-electron chi connectivity index (χ2n) is 7.96. The van der Waals surface area contributed by atoms with Gasteiger partial charge in [-0.2, -0.15) is 5.26 Å². The lowest BCUT2D eigenvalue weighted by Crippen LogP contribution is -2.62. The Balaban J connectivity index is 1.79. The van der Waals surface area contributed by atoms with Gasteiger partial charge in [-0.1, -0.05) is 42.5 Å². The molecule has 2 aromatic rings. The summed E-state index contributed by atoms with van der Waals surface area (Å²) in [5.74, 6) is -4.75. The van der Waals surface area contributed by atoms with Crippen LogP contribution >= 0.6 is 0 Å². The van der Waals surface area contributed by atoms with Crippen molar-refractivity contribution in [2.75, 3.05) is 0 Å². The third kappa shape index (κ3) is 3.10. The van der Waals surface area contributed by atoms with Gasteiger partial charge in [0.1, 0.15) is 0 Å². The Bertz CT molecular complexity index is 1080. The van der Waals surface area contributed by atoms with Crippen LogP contribution in [0.1, 0.15) is 29.7 Å². The van der Waals surface area contributed by atoms with Gasteiger partial charge in [-0.15, -0.1) is 0 Å². The van der Waals surface area contributed by atoms with E-state index in [1.54, 1.807) is 48.5 Å². The zero-order valence-electron chi connectivity index (χ0n) is 16.7. The molecule has 2 fully saturated rings. The predicted molar refractivity (Wildman–Crippen MR) is 108 cm³/mol. The lowest BCUT2D eigenvalue weighted by atomic mass is 9.76. The zero-order valence-corrected chi connectivity index (χ0v) is 16.7. The fourth-order valence-corrected chi connectivity index (χ4v) is 4.73. The third-order valence-electron chi connectivity index (χ3n) is 6.28. The highest BCUT2D eigenvalue weighted by Gasteiger charge is 2.70. The minimum atomic E-state index is -2.01. The number of carbonyl (C=O) groups is 3. The van der Waals surface area contributed by atoms with Crippen LogP contribution in [0, 0.1) is 23.2 Å². The van der Waals surface area contributed by atoms with Crippen LogP contribution in [-0.4, -0.2) is 44.5 Å². The molecule has 31 heavy (non-hydrogen) atoms. The van der Waals surface area contributed by atoms with Crippen LogP contribution in [0.15, 0.2) is 54.6 Å². The van der Waals surface area contributed by atoms with Crippen LogP contribution < -0.4 is 5.32 Å². The summed E-state index contributed by atoms with van der Waals surface area (Å²) < 4.78 is 0. The monoisotopic (exact) mass is 419 g/mol. The van der Waals surface area contributed by atoms with Gasteiger partial charge in [-0.3, -0.25) is 24.6 Å². The number of carboxylic acid groups (broad SMARTS) is 1. The highest BCUT2D eigenvalue weighted by atomic mass is 16.4. The Morgan fingerprint density at radius 3 is 2.35 bits per heavy atom. The maximum atomic E-state index is 13.4. The molecule has 8 nitrogen and oxygen atoms in total. The SMILES string of the molecule is CC(O)C1(C(=O)O)NC(c2ccc(C#N)cc2)C2C(=O)N(Cc3ccccc3)C(=O)C21. The number of hydrogen-bond donors (Lipinski definition) is 3. The molecule has 0 aromatic heterocycles. The number of hydrogen-bond acceptors (Lipinski definition) is 6. The van der Waals surface area contributed by atoms with Gasteiger partial charge < -0.3 is 10.2 Å². The number of nitrogens with zero attached hydrogens (tertiary/aromatic N) is 2. The van der Waals surface area contributed by atoms with E-state index in [0.29, 0.717) is 11.1 Å². The highest BCUT2D eigenvalue weighted by molar-refractivity contribution is 6.09. The van der Waals surface area contributed by atoms with E-state index in [4.69, 9.17) is 5.26 Å². The second kappa shape index (κ2) is 7.61. The van der Waals surface area contributed by atoms with Gasteiger partial charge in [0.25, 0.3) is 0 Å². The van der Waals surface area contributed by atoms with Crippen LogP contribution in [0.5, 0.6) is 0 Å². The fourth-order valence-electron chi connectivity index (χ4n) is 4.73. The van der Waals surface area contributed by atoms with Crippen molar-refractivity contribution in [2.45, 2.75) is 31.2 Å². The molecule has 2 heterocycles. The molecule has 4 rings (SSSR count). The summed E-state index contributed by atoms with van der Waals surface area (Å²) in [7, 11) is 0. The van der Waals surface area contributed by atoms with Crippen molar-refractivity contribution in [1.82, 2.24) is 10.2 Å². The lowest BCUT2D eigenvalue weighted by molar-refractivity contribution is -0.157. The fraction of sp³-hybridized carbons (Fsp3) is 0.304. The quantitative estimate of drug-likeness (QED) is 0.621. The van der Waals surface area contributed by atoms with Gasteiger partial charge in [0.2, 0.25) is 11.8 Å². The first kappa shape index (κ1) is 20.7. The number of carbonyl (C=O) groups excluding carboxylic acids is 2. The first-order valence-corrected chi connectivity index (χ1v) is 9.89. The number of benzene rings is 2. The summed E-state index contributed by atoms with van der Waals surface area (Å²) in [4.78, 5) is 40.2. The van der Waals surface area contributed by atoms with E-state index in [0.717, 1.165) is 10.5 Å². The molecule has 5 atom stereocenters. The van der Waals surface area contributed by atoms with Crippen LogP contribution in [0.2, 0.25) is 0 Å². The van der Waals surface area contributed by atoms with Gasteiger partial charge >= 0.3 is 5.97 Å². The van der Waals surface area contributed by atoms with E-state index in [1.807, 2.05) is 12.1 Å². The average molecular weight is 419 g/mol. The third-order valence-corrected chi connectivity index (χ3v) is 6.28. The van der Waals surface area contributed by atoms with Crippen molar-refractivity contribution in [3.63, 3.8) is 0 Å². The largest absolute Gasteiger partial charge is 0.480 e. The van der Waals surface area contributed by atoms with Crippen LogP contribution in [0.3, 0.4) is 0 Å². The van der Waals surface area contributed by atoms with E-state index >= 15 is 0 Å². The summed E-state index contributed by atoms with van der Waals surface area (Å²) in [6, 6.07) is 16.6. The molecule has 3 N–H and O–H groups in total. The Hall–Kier alpha value is -3.54. The number of fused-ring (bicyclic) bond motifs is 1. The zero-order chi connectivity index (χ0) is 22.3. The maximum absolute atomic E-state index is 13.4. The Kier molecular flexibility index (Phi) is 5.09. The molecule has 2 aliphatic heterocycles. The maximum Gasteiger partial charge on any atom is 0.327 e. The summed E-state index contributed by atoms with van der Waals surface area (Å²) in [5, 5.41) is 32.5. The molecule has 0 bridgehead atoms. The molecule has 2 amide bonds.